The van der Waals surface area contributed by atoms with Gasteiger partial charge in [0.05, 0.1) is 18.0 Å². The summed E-state index contributed by atoms with van der Waals surface area (Å²) >= 11 is 0. The van der Waals surface area contributed by atoms with Gasteiger partial charge in [0.1, 0.15) is 6.61 Å². The Morgan fingerprint density at radius 2 is 2.00 bits per heavy atom. The van der Waals surface area contributed by atoms with Gasteiger partial charge in [-0.15, -0.1) is 0 Å². The molecule has 2 N–H and O–H groups in total. The Balaban J connectivity index is 2.11. The molecule has 1 heterocycles. The van der Waals surface area contributed by atoms with E-state index in [4.69, 9.17) is 19.9 Å². The molecule has 0 amide bonds. The van der Waals surface area contributed by atoms with Gasteiger partial charge in [0.2, 0.25) is 5.88 Å². The fraction of sp³-hybridized carbons (Fsp3) is 0.583. The molecule has 17 heavy (non-hydrogen) atoms. The van der Waals surface area contributed by atoms with Gasteiger partial charge in [-0.2, -0.15) is 0 Å². The van der Waals surface area contributed by atoms with Gasteiger partial charge in [0.25, 0.3) is 0 Å². The van der Waals surface area contributed by atoms with Crippen molar-refractivity contribution in [3.8, 4) is 5.88 Å². The number of aromatic nitrogens is 1. The molecule has 0 spiro atoms. The van der Waals surface area contributed by atoms with Gasteiger partial charge in [-0.1, -0.05) is 0 Å². The molecule has 0 aliphatic carbocycles. The molecule has 5 heteroatoms. The van der Waals surface area contributed by atoms with Crippen LogP contribution in [0, 0.1) is 6.92 Å². The van der Waals surface area contributed by atoms with E-state index < -0.39 is 0 Å². The van der Waals surface area contributed by atoms with Crippen molar-refractivity contribution >= 4 is 5.69 Å². The van der Waals surface area contributed by atoms with Crippen LogP contribution in [-0.2, 0) is 9.47 Å². The molecule has 0 radical (unpaired) electrons. The number of aryl methyl sites for hydroxylation is 1. The van der Waals surface area contributed by atoms with Crippen LogP contribution in [0.5, 0.6) is 5.88 Å². The second-order valence-corrected chi connectivity index (χ2v) is 3.63. The highest BCUT2D eigenvalue weighted by Crippen LogP contribution is 2.13. The van der Waals surface area contributed by atoms with E-state index >= 15 is 0 Å². The first kappa shape index (κ1) is 13.7. The Bertz CT molecular complexity index is 332. The molecule has 0 aromatic carbocycles. The first-order valence-corrected chi connectivity index (χ1v) is 5.66. The molecule has 0 saturated carbocycles. The Morgan fingerprint density at radius 3 is 2.71 bits per heavy atom. The summed E-state index contributed by atoms with van der Waals surface area (Å²) in [6.07, 6.45) is 0.899. The maximum atomic E-state index is 5.66. The molecular weight excluding hydrogens is 220 g/mol. The van der Waals surface area contributed by atoms with Crippen molar-refractivity contribution in [2.75, 3.05) is 39.3 Å². The number of anilines is 1. The van der Waals surface area contributed by atoms with Crippen molar-refractivity contribution in [1.29, 1.82) is 0 Å². The normalized spacial score (nSPS) is 10.5. The molecule has 0 fully saturated rings. The molecule has 0 bridgehead atoms. The lowest BCUT2D eigenvalue weighted by Crippen LogP contribution is -2.09. The Labute approximate surface area is 102 Å². The number of nitrogens with two attached hydrogens (primary N) is 1. The smallest absolute Gasteiger partial charge is 0.213 e. The summed E-state index contributed by atoms with van der Waals surface area (Å²) in [5.74, 6) is 0.581. The zero-order valence-electron chi connectivity index (χ0n) is 10.4. The number of rotatable bonds is 8. The quantitative estimate of drug-likeness (QED) is 0.696. The second-order valence-electron chi connectivity index (χ2n) is 3.63. The summed E-state index contributed by atoms with van der Waals surface area (Å²) in [7, 11) is 1.68. The van der Waals surface area contributed by atoms with Gasteiger partial charge in [-0.25, -0.2) is 4.98 Å². The van der Waals surface area contributed by atoms with Crippen molar-refractivity contribution in [2.24, 2.45) is 0 Å². The van der Waals surface area contributed by atoms with Crippen molar-refractivity contribution in [1.82, 2.24) is 4.98 Å². The molecule has 5 nitrogen and oxygen atoms in total. The molecule has 0 unspecified atom stereocenters. The summed E-state index contributed by atoms with van der Waals surface area (Å²) in [4.78, 5) is 4.20. The number of ether oxygens (including phenoxy) is 3. The van der Waals surface area contributed by atoms with Crippen molar-refractivity contribution in [2.45, 2.75) is 13.3 Å². The van der Waals surface area contributed by atoms with Gasteiger partial charge in [-0.05, 0) is 19.4 Å². The summed E-state index contributed by atoms with van der Waals surface area (Å²) in [5, 5.41) is 0. The largest absolute Gasteiger partial charge is 0.475 e. The summed E-state index contributed by atoms with van der Waals surface area (Å²) < 4.78 is 15.7. The van der Waals surface area contributed by atoms with Crippen LogP contribution in [0.1, 0.15) is 12.1 Å². The van der Waals surface area contributed by atoms with E-state index in [1.165, 1.54) is 0 Å². The van der Waals surface area contributed by atoms with Crippen LogP contribution in [0.2, 0.25) is 0 Å². The third-order valence-corrected chi connectivity index (χ3v) is 2.22. The molecule has 96 valence electrons. The highest BCUT2D eigenvalue weighted by atomic mass is 16.5. The molecule has 0 atom stereocenters. The summed E-state index contributed by atoms with van der Waals surface area (Å²) in [5.41, 5.74) is 7.11. The molecule has 1 aromatic heterocycles. The van der Waals surface area contributed by atoms with E-state index in [9.17, 15) is 0 Å². The van der Waals surface area contributed by atoms with Crippen LogP contribution in [0.25, 0.3) is 0 Å². The topological polar surface area (TPSA) is 66.6 Å². The van der Waals surface area contributed by atoms with Crippen molar-refractivity contribution < 1.29 is 14.2 Å². The van der Waals surface area contributed by atoms with Gasteiger partial charge in [0, 0.05) is 26.4 Å². The van der Waals surface area contributed by atoms with Crippen LogP contribution in [0.3, 0.4) is 0 Å². The van der Waals surface area contributed by atoms with Gasteiger partial charge in [-0.3, -0.25) is 0 Å². The zero-order valence-corrected chi connectivity index (χ0v) is 10.4. The van der Waals surface area contributed by atoms with E-state index in [2.05, 4.69) is 4.98 Å². The number of hydrogen-bond acceptors (Lipinski definition) is 5. The predicted octanol–water partition coefficient (Wildman–Crippen LogP) is 1.40. The van der Waals surface area contributed by atoms with E-state index in [-0.39, 0.29) is 0 Å². The van der Waals surface area contributed by atoms with E-state index in [0.717, 1.165) is 18.7 Å². The van der Waals surface area contributed by atoms with Crippen LogP contribution in [0.15, 0.2) is 12.1 Å². The lowest BCUT2D eigenvalue weighted by molar-refractivity contribution is 0.0795. The molecule has 0 saturated heterocycles. The zero-order chi connectivity index (χ0) is 12.5. The Kier molecular flexibility index (Phi) is 6.35. The standard InChI is InChI=1S/C12H20N2O3/c1-10-11(13)4-5-12(14-10)17-9-8-16-7-3-6-15-2/h4-5H,3,6-9,13H2,1-2H3. The summed E-state index contributed by atoms with van der Waals surface area (Å²) in [6, 6.07) is 3.55. The van der Waals surface area contributed by atoms with Crippen LogP contribution < -0.4 is 10.5 Å². The fourth-order valence-corrected chi connectivity index (χ4v) is 1.24. The molecule has 0 aliphatic rings. The van der Waals surface area contributed by atoms with E-state index in [1.807, 2.05) is 6.92 Å². The van der Waals surface area contributed by atoms with Gasteiger partial charge in [0.15, 0.2) is 0 Å². The summed E-state index contributed by atoms with van der Waals surface area (Å²) in [6.45, 7) is 4.30. The third kappa shape index (κ3) is 5.51. The monoisotopic (exact) mass is 240 g/mol. The van der Waals surface area contributed by atoms with Crippen molar-refractivity contribution in [3.63, 3.8) is 0 Å². The lowest BCUT2D eigenvalue weighted by Gasteiger charge is -2.07. The number of methoxy groups -OCH3 is 1. The van der Waals surface area contributed by atoms with E-state index in [0.29, 0.717) is 31.4 Å². The number of pyridine rings is 1. The van der Waals surface area contributed by atoms with Crippen LogP contribution in [-0.4, -0.2) is 38.5 Å². The molecule has 0 aliphatic heterocycles. The lowest BCUT2D eigenvalue weighted by atomic mass is 10.3. The molecule has 1 rings (SSSR count). The average Bonchev–Trinajstić information content (AvgIpc) is 2.32. The molecular formula is C12H20N2O3. The van der Waals surface area contributed by atoms with E-state index in [1.54, 1.807) is 19.2 Å². The predicted molar refractivity (Wildman–Crippen MR) is 66.2 cm³/mol. The van der Waals surface area contributed by atoms with Crippen molar-refractivity contribution in [3.05, 3.63) is 17.8 Å². The van der Waals surface area contributed by atoms with Crippen LogP contribution >= 0.6 is 0 Å². The minimum absolute atomic E-state index is 0.489. The van der Waals surface area contributed by atoms with Gasteiger partial charge >= 0.3 is 0 Å². The highest BCUT2D eigenvalue weighted by molar-refractivity contribution is 5.43. The maximum absolute atomic E-state index is 5.66. The Hall–Kier alpha value is -1.33. The number of hydrogen-bond donors (Lipinski definition) is 1. The third-order valence-electron chi connectivity index (χ3n) is 2.22. The SMILES string of the molecule is COCCCOCCOc1ccc(N)c(C)n1. The fourth-order valence-electron chi connectivity index (χ4n) is 1.24. The number of nitrogens with zero attached hydrogens (tertiary/aromatic N) is 1. The van der Waals surface area contributed by atoms with Crippen LogP contribution in [0.4, 0.5) is 5.69 Å². The maximum Gasteiger partial charge on any atom is 0.213 e. The minimum atomic E-state index is 0.489. The first-order valence-electron chi connectivity index (χ1n) is 5.66. The average molecular weight is 240 g/mol. The highest BCUT2D eigenvalue weighted by Gasteiger charge is 1.99. The minimum Gasteiger partial charge on any atom is -0.475 e. The number of nitrogen functional groups attached to an aromatic ring is 1. The van der Waals surface area contributed by atoms with Gasteiger partial charge < -0.3 is 19.9 Å². The Morgan fingerprint density at radius 1 is 1.18 bits per heavy atom. The molecule has 1 aromatic rings. The first-order chi connectivity index (χ1) is 8.24. The second kappa shape index (κ2) is 7.86.